The molecular formula is C11H18O. The number of allylic oxidation sites excluding steroid dienone is 3. The van der Waals surface area contributed by atoms with Crippen LogP contribution in [0.1, 0.15) is 39.0 Å². The van der Waals surface area contributed by atoms with Crippen molar-refractivity contribution < 1.29 is 5.11 Å². The van der Waals surface area contributed by atoms with Gasteiger partial charge in [-0.05, 0) is 18.4 Å². The van der Waals surface area contributed by atoms with E-state index in [4.69, 9.17) is 0 Å². The van der Waals surface area contributed by atoms with Crippen molar-refractivity contribution in [2.75, 3.05) is 0 Å². The maximum Gasteiger partial charge on any atom is 0.0756 e. The molecule has 0 saturated carbocycles. The predicted molar refractivity (Wildman–Crippen MR) is 52.0 cm³/mol. The third-order valence-electron chi connectivity index (χ3n) is 2.31. The smallest absolute Gasteiger partial charge is 0.0756 e. The molecule has 0 amide bonds. The van der Waals surface area contributed by atoms with Gasteiger partial charge in [-0.25, -0.2) is 0 Å². The van der Waals surface area contributed by atoms with E-state index in [9.17, 15) is 5.11 Å². The topological polar surface area (TPSA) is 20.2 Å². The summed E-state index contributed by atoms with van der Waals surface area (Å²) < 4.78 is 0. The lowest BCUT2D eigenvalue weighted by atomic mass is 10.0. The van der Waals surface area contributed by atoms with Crippen LogP contribution >= 0.6 is 0 Å². The summed E-state index contributed by atoms with van der Waals surface area (Å²) in [5.41, 5.74) is 1.19. The van der Waals surface area contributed by atoms with Gasteiger partial charge in [0.2, 0.25) is 0 Å². The summed E-state index contributed by atoms with van der Waals surface area (Å²) in [5.74, 6) is 0. The lowest BCUT2D eigenvalue weighted by Crippen LogP contribution is -2.08. The van der Waals surface area contributed by atoms with E-state index in [0.717, 1.165) is 19.3 Å². The number of aliphatic hydroxyl groups excluding tert-OH is 1. The van der Waals surface area contributed by atoms with Gasteiger partial charge in [-0.2, -0.15) is 0 Å². The summed E-state index contributed by atoms with van der Waals surface area (Å²) >= 11 is 0. The number of unbranched alkanes of at least 4 members (excludes halogenated alkanes) is 2. The van der Waals surface area contributed by atoms with Gasteiger partial charge in [0.1, 0.15) is 0 Å². The van der Waals surface area contributed by atoms with Crippen LogP contribution in [0.25, 0.3) is 0 Å². The SMILES string of the molecule is CCCCC[C@H](O)C1=CC=CC1. The largest absolute Gasteiger partial charge is 0.389 e. The second-order valence-electron chi connectivity index (χ2n) is 3.39. The zero-order valence-electron chi connectivity index (χ0n) is 7.79. The van der Waals surface area contributed by atoms with Crippen LogP contribution in [0.2, 0.25) is 0 Å². The molecule has 1 rings (SSSR count). The molecule has 0 spiro atoms. The molecule has 1 aliphatic carbocycles. The number of rotatable bonds is 5. The average Bonchev–Trinajstić information content (AvgIpc) is 2.56. The predicted octanol–water partition coefficient (Wildman–Crippen LogP) is 2.81. The third kappa shape index (κ3) is 2.82. The van der Waals surface area contributed by atoms with Gasteiger partial charge in [0, 0.05) is 0 Å². The van der Waals surface area contributed by atoms with Crippen molar-refractivity contribution in [3.63, 3.8) is 0 Å². The van der Waals surface area contributed by atoms with Crippen LogP contribution in [0.3, 0.4) is 0 Å². The molecule has 0 saturated heterocycles. The van der Waals surface area contributed by atoms with E-state index in [2.05, 4.69) is 13.0 Å². The first kappa shape index (κ1) is 9.53. The molecule has 12 heavy (non-hydrogen) atoms. The van der Waals surface area contributed by atoms with Crippen LogP contribution in [-0.2, 0) is 0 Å². The Morgan fingerprint density at radius 3 is 2.92 bits per heavy atom. The van der Waals surface area contributed by atoms with E-state index < -0.39 is 0 Å². The maximum absolute atomic E-state index is 9.67. The molecule has 1 aliphatic rings. The molecule has 0 aliphatic heterocycles. The Morgan fingerprint density at radius 1 is 1.50 bits per heavy atom. The van der Waals surface area contributed by atoms with E-state index in [1.807, 2.05) is 12.2 Å². The highest BCUT2D eigenvalue weighted by Crippen LogP contribution is 2.18. The zero-order valence-corrected chi connectivity index (χ0v) is 7.79. The van der Waals surface area contributed by atoms with Crippen molar-refractivity contribution in [3.05, 3.63) is 23.8 Å². The van der Waals surface area contributed by atoms with Crippen LogP contribution in [0.15, 0.2) is 23.8 Å². The van der Waals surface area contributed by atoms with Crippen LogP contribution in [0.5, 0.6) is 0 Å². The van der Waals surface area contributed by atoms with Crippen molar-refractivity contribution in [2.24, 2.45) is 0 Å². The Labute approximate surface area is 74.8 Å². The normalized spacial score (nSPS) is 18.0. The Hall–Kier alpha value is -0.560. The molecule has 68 valence electrons. The molecule has 1 N–H and O–H groups in total. The highest BCUT2D eigenvalue weighted by molar-refractivity contribution is 5.25. The van der Waals surface area contributed by atoms with Gasteiger partial charge in [-0.1, -0.05) is 44.4 Å². The zero-order chi connectivity index (χ0) is 8.81. The van der Waals surface area contributed by atoms with E-state index in [1.165, 1.54) is 18.4 Å². The summed E-state index contributed by atoms with van der Waals surface area (Å²) in [6.07, 6.45) is 11.5. The van der Waals surface area contributed by atoms with Crippen LogP contribution in [-0.4, -0.2) is 11.2 Å². The molecule has 0 radical (unpaired) electrons. The quantitative estimate of drug-likeness (QED) is 0.623. The van der Waals surface area contributed by atoms with Crippen molar-refractivity contribution in [2.45, 2.75) is 45.1 Å². The maximum atomic E-state index is 9.67. The van der Waals surface area contributed by atoms with E-state index in [1.54, 1.807) is 0 Å². The summed E-state index contributed by atoms with van der Waals surface area (Å²) in [5, 5.41) is 9.67. The molecule has 0 aromatic carbocycles. The van der Waals surface area contributed by atoms with Crippen LogP contribution < -0.4 is 0 Å². The van der Waals surface area contributed by atoms with Crippen molar-refractivity contribution in [1.29, 1.82) is 0 Å². The van der Waals surface area contributed by atoms with Gasteiger partial charge in [-0.3, -0.25) is 0 Å². The second kappa shape index (κ2) is 5.15. The van der Waals surface area contributed by atoms with Crippen molar-refractivity contribution in [1.82, 2.24) is 0 Å². The van der Waals surface area contributed by atoms with Gasteiger partial charge in [0.05, 0.1) is 6.10 Å². The Balaban J connectivity index is 2.15. The van der Waals surface area contributed by atoms with Crippen molar-refractivity contribution in [3.8, 4) is 0 Å². The Bertz CT molecular complexity index is 179. The molecule has 0 aromatic heterocycles. The number of hydrogen-bond acceptors (Lipinski definition) is 1. The number of aliphatic hydroxyl groups is 1. The molecule has 1 heteroatoms. The first-order valence-electron chi connectivity index (χ1n) is 4.88. The van der Waals surface area contributed by atoms with Crippen molar-refractivity contribution >= 4 is 0 Å². The Morgan fingerprint density at radius 2 is 2.33 bits per heavy atom. The van der Waals surface area contributed by atoms with E-state index in [-0.39, 0.29) is 6.10 Å². The minimum Gasteiger partial charge on any atom is -0.389 e. The average molecular weight is 166 g/mol. The summed E-state index contributed by atoms with van der Waals surface area (Å²) in [6.45, 7) is 2.18. The van der Waals surface area contributed by atoms with Crippen LogP contribution in [0.4, 0.5) is 0 Å². The minimum atomic E-state index is -0.188. The molecular weight excluding hydrogens is 148 g/mol. The van der Waals surface area contributed by atoms with Gasteiger partial charge in [0.25, 0.3) is 0 Å². The van der Waals surface area contributed by atoms with Gasteiger partial charge in [-0.15, -0.1) is 0 Å². The summed E-state index contributed by atoms with van der Waals surface area (Å²) in [7, 11) is 0. The fraction of sp³-hybridized carbons (Fsp3) is 0.636. The van der Waals surface area contributed by atoms with Crippen LogP contribution in [0, 0.1) is 0 Å². The summed E-state index contributed by atoms with van der Waals surface area (Å²) in [6, 6.07) is 0. The fourth-order valence-electron chi connectivity index (χ4n) is 1.48. The molecule has 0 fully saturated rings. The third-order valence-corrected chi connectivity index (χ3v) is 2.31. The first-order valence-corrected chi connectivity index (χ1v) is 4.88. The lowest BCUT2D eigenvalue weighted by Gasteiger charge is -2.10. The molecule has 1 nitrogen and oxygen atoms in total. The number of hydrogen-bond donors (Lipinski definition) is 1. The van der Waals surface area contributed by atoms with E-state index >= 15 is 0 Å². The molecule has 1 atom stereocenters. The molecule has 0 bridgehead atoms. The second-order valence-corrected chi connectivity index (χ2v) is 3.39. The highest BCUT2D eigenvalue weighted by atomic mass is 16.3. The molecule has 0 unspecified atom stereocenters. The monoisotopic (exact) mass is 166 g/mol. The highest BCUT2D eigenvalue weighted by Gasteiger charge is 2.10. The Kier molecular flexibility index (Phi) is 4.09. The molecule has 0 heterocycles. The lowest BCUT2D eigenvalue weighted by molar-refractivity contribution is 0.194. The standard InChI is InChI=1S/C11H18O/c1-2-3-4-9-11(12)10-7-5-6-8-10/h5-7,11-12H,2-4,8-9H2,1H3/t11-/m0/s1. The first-order chi connectivity index (χ1) is 5.84. The fourth-order valence-corrected chi connectivity index (χ4v) is 1.48. The van der Waals surface area contributed by atoms with E-state index in [0.29, 0.717) is 0 Å². The van der Waals surface area contributed by atoms with Gasteiger partial charge >= 0.3 is 0 Å². The van der Waals surface area contributed by atoms with Gasteiger partial charge in [0.15, 0.2) is 0 Å². The summed E-state index contributed by atoms with van der Waals surface area (Å²) in [4.78, 5) is 0. The van der Waals surface area contributed by atoms with Gasteiger partial charge < -0.3 is 5.11 Å². The minimum absolute atomic E-state index is 0.188. The molecule has 0 aromatic rings.